The van der Waals surface area contributed by atoms with Gasteiger partial charge in [0.2, 0.25) is 5.79 Å². The van der Waals surface area contributed by atoms with Gasteiger partial charge >= 0.3 is 0 Å². The molecule has 4 nitrogen and oxygen atoms in total. The Morgan fingerprint density at radius 1 is 1.54 bits per heavy atom. The second kappa shape index (κ2) is 3.25. The lowest BCUT2D eigenvalue weighted by Gasteiger charge is -2.18. The van der Waals surface area contributed by atoms with E-state index in [4.69, 9.17) is 14.2 Å². The standard InChI is InChI=1S/C8H11NO3S/c1-8(11-3-4-12-8)7-9-5-6(10-2)13-7/h5H,3-4H2,1-2H3. The molecule has 0 amide bonds. The molecule has 1 saturated heterocycles. The molecule has 0 spiro atoms. The van der Waals surface area contributed by atoms with Crippen LogP contribution < -0.4 is 4.74 Å². The van der Waals surface area contributed by atoms with Crippen molar-refractivity contribution in [2.24, 2.45) is 0 Å². The fraction of sp³-hybridized carbons (Fsp3) is 0.625. The summed E-state index contributed by atoms with van der Waals surface area (Å²) in [6.07, 6.45) is 1.68. The summed E-state index contributed by atoms with van der Waals surface area (Å²) in [6.45, 7) is 3.12. The van der Waals surface area contributed by atoms with Gasteiger partial charge in [0.25, 0.3) is 0 Å². The monoisotopic (exact) mass is 201 g/mol. The highest BCUT2D eigenvalue weighted by Gasteiger charge is 2.36. The molecule has 2 heterocycles. The minimum atomic E-state index is -0.665. The third-order valence-electron chi connectivity index (χ3n) is 1.91. The maximum absolute atomic E-state index is 5.45. The van der Waals surface area contributed by atoms with Crippen LogP contribution >= 0.6 is 11.3 Å². The number of rotatable bonds is 2. The Morgan fingerprint density at radius 3 is 2.77 bits per heavy atom. The van der Waals surface area contributed by atoms with Gasteiger partial charge in [0.15, 0.2) is 10.1 Å². The second-order valence-electron chi connectivity index (χ2n) is 2.83. The molecule has 1 aromatic heterocycles. The van der Waals surface area contributed by atoms with E-state index < -0.39 is 5.79 Å². The van der Waals surface area contributed by atoms with Gasteiger partial charge in [-0.15, -0.1) is 0 Å². The van der Waals surface area contributed by atoms with Gasteiger partial charge in [0.05, 0.1) is 26.5 Å². The summed E-state index contributed by atoms with van der Waals surface area (Å²) < 4.78 is 16.0. The Morgan fingerprint density at radius 2 is 2.23 bits per heavy atom. The van der Waals surface area contributed by atoms with Crippen molar-refractivity contribution in [2.45, 2.75) is 12.7 Å². The summed E-state index contributed by atoms with van der Waals surface area (Å²) in [5, 5.41) is 1.58. The lowest BCUT2D eigenvalue weighted by Crippen LogP contribution is -2.21. The molecule has 2 rings (SSSR count). The number of aromatic nitrogens is 1. The van der Waals surface area contributed by atoms with Crippen LogP contribution in [-0.4, -0.2) is 25.3 Å². The first kappa shape index (κ1) is 8.93. The minimum absolute atomic E-state index is 0.623. The van der Waals surface area contributed by atoms with E-state index in [-0.39, 0.29) is 0 Å². The first-order valence-electron chi connectivity index (χ1n) is 4.03. The van der Waals surface area contributed by atoms with Gasteiger partial charge in [0.1, 0.15) is 0 Å². The van der Waals surface area contributed by atoms with Crippen LogP contribution in [0.3, 0.4) is 0 Å². The van der Waals surface area contributed by atoms with E-state index >= 15 is 0 Å². The molecule has 0 atom stereocenters. The molecule has 1 aliphatic heterocycles. The first-order chi connectivity index (χ1) is 6.24. The van der Waals surface area contributed by atoms with Crippen LogP contribution in [0.5, 0.6) is 5.06 Å². The lowest BCUT2D eigenvalue weighted by atomic mass is 10.3. The number of methoxy groups -OCH3 is 1. The molecule has 0 N–H and O–H groups in total. The predicted molar refractivity (Wildman–Crippen MR) is 47.9 cm³/mol. The second-order valence-corrected chi connectivity index (χ2v) is 3.82. The zero-order chi connectivity index (χ0) is 9.31. The first-order valence-corrected chi connectivity index (χ1v) is 4.84. The third kappa shape index (κ3) is 1.54. The molecule has 0 aromatic carbocycles. The van der Waals surface area contributed by atoms with Gasteiger partial charge in [-0.3, -0.25) is 0 Å². The average Bonchev–Trinajstić information content (AvgIpc) is 2.72. The predicted octanol–water partition coefficient (Wildman–Crippen LogP) is 1.37. The normalized spacial score (nSPS) is 20.5. The molecule has 5 heteroatoms. The van der Waals surface area contributed by atoms with Crippen molar-refractivity contribution in [1.82, 2.24) is 4.98 Å². The van der Waals surface area contributed by atoms with Gasteiger partial charge in [-0.2, -0.15) is 0 Å². The van der Waals surface area contributed by atoms with Crippen molar-refractivity contribution >= 4 is 11.3 Å². The van der Waals surface area contributed by atoms with Crippen molar-refractivity contribution < 1.29 is 14.2 Å². The molecule has 0 bridgehead atoms. The zero-order valence-electron chi connectivity index (χ0n) is 7.57. The van der Waals surface area contributed by atoms with Crippen LogP contribution in [0.25, 0.3) is 0 Å². The van der Waals surface area contributed by atoms with E-state index in [0.717, 1.165) is 10.1 Å². The zero-order valence-corrected chi connectivity index (χ0v) is 8.39. The summed E-state index contributed by atoms with van der Waals surface area (Å²) in [4.78, 5) is 4.18. The van der Waals surface area contributed by atoms with Crippen molar-refractivity contribution in [2.75, 3.05) is 20.3 Å². The summed E-state index contributed by atoms with van der Waals surface area (Å²) in [5.74, 6) is -0.665. The van der Waals surface area contributed by atoms with Crippen LogP contribution in [0, 0.1) is 0 Å². The van der Waals surface area contributed by atoms with Crippen molar-refractivity contribution in [3.8, 4) is 5.06 Å². The molecule has 13 heavy (non-hydrogen) atoms. The maximum atomic E-state index is 5.45. The highest BCUT2D eigenvalue weighted by molar-refractivity contribution is 7.13. The Bertz CT molecular complexity index is 293. The van der Waals surface area contributed by atoms with Crippen LogP contribution in [0.15, 0.2) is 6.20 Å². The molecule has 0 saturated carbocycles. The number of hydrogen-bond donors (Lipinski definition) is 0. The van der Waals surface area contributed by atoms with E-state index in [2.05, 4.69) is 4.98 Å². The molecule has 0 unspecified atom stereocenters. The Labute approximate surface area is 80.5 Å². The SMILES string of the molecule is COc1cnc(C2(C)OCCO2)s1. The minimum Gasteiger partial charge on any atom is -0.486 e. The summed E-state index contributed by atoms with van der Waals surface area (Å²) in [5.41, 5.74) is 0. The maximum Gasteiger partial charge on any atom is 0.219 e. The highest BCUT2D eigenvalue weighted by Crippen LogP contribution is 2.35. The number of nitrogens with zero attached hydrogens (tertiary/aromatic N) is 1. The quantitative estimate of drug-likeness (QED) is 0.724. The molecular weight excluding hydrogens is 190 g/mol. The molecule has 0 aliphatic carbocycles. The average molecular weight is 201 g/mol. The lowest BCUT2D eigenvalue weighted by molar-refractivity contribution is -0.149. The Hall–Kier alpha value is -0.650. The van der Waals surface area contributed by atoms with Crippen LogP contribution in [0.2, 0.25) is 0 Å². The summed E-state index contributed by atoms with van der Waals surface area (Å²) in [7, 11) is 1.62. The van der Waals surface area contributed by atoms with E-state index in [9.17, 15) is 0 Å². The van der Waals surface area contributed by atoms with Crippen molar-refractivity contribution in [1.29, 1.82) is 0 Å². The molecule has 1 aromatic rings. The largest absolute Gasteiger partial charge is 0.486 e. The third-order valence-corrected chi connectivity index (χ3v) is 3.06. The van der Waals surface area contributed by atoms with Crippen molar-refractivity contribution in [3.05, 3.63) is 11.2 Å². The Kier molecular flexibility index (Phi) is 2.23. The fourth-order valence-electron chi connectivity index (χ4n) is 1.20. The number of hydrogen-bond acceptors (Lipinski definition) is 5. The van der Waals surface area contributed by atoms with Crippen LogP contribution in [0.1, 0.15) is 11.9 Å². The molecule has 1 aliphatic rings. The number of thiazole rings is 1. The van der Waals surface area contributed by atoms with Gasteiger partial charge < -0.3 is 14.2 Å². The van der Waals surface area contributed by atoms with Crippen LogP contribution in [-0.2, 0) is 15.3 Å². The summed E-state index contributed by atoms with van der Waals surface area (Å²) in [6, 6.07) is 0. The topological polar surface area (TPSA) is 40.6 Å². The Balaban J connectivity index is 2.23. The van der Waals surface area contributed by atoms with E-state index in [1.165, 1.54) is 11.3 Å². The van der Waals surface area contributed by atoms with E-state index in [1.54, 1.807) is 13.3 Å². The molecule has 0 radical (unpaired) electrons. The highest BCUT2D eigenvalue weighted by atomic mass is 32.1. The molecule has 72 valence electrons. The molecular formula is C8H11NO3S. The molecule has 1 fully saturated rings. The van der Waals surface area contributed by atoms with E-state index in [0.29, 0.717) is 13.2 Å². The smallest absolute Gasteiger partial charge is 0.219 e. The van der Waals surface area contributed by atoms with Crippen LogP contribution in [0.4, 0.5) is 0 Å². The van der Waals surface area contributed by atoms with E-state index in [1.807, 2.05) is 6.92 Å². The number of ether oxygens (including phenoxy) is 3. The van der Waals surface area contributed by atoms with Gasteiger partial charge in [-0.25, -0.2) is 4.98 Å². The van der Waals surface area contributed by atoms with Crippen molar-refractivity contribution in [3.63, 3.8) is 0 Å². The van der Waals surface area contributed by atoms with Gasteiger partial charge in [-0.1, -0.05) is 11.3 Å². The van der Waals surface area contributed by atoms with Gasteiger partial charge in [-0.05, 0) is 6.92 Å². The summed E-state index contributed by atoms with van der Waals surface area (Å²) >= 11 is 1.45. The fourth-order valence-corrected chi connectivity index (χ4v) is 1.99. The van der Waals surface area contributed by atoms with Gasteiger partial charge in [0, 0.05) is 0 Å².